The third-order valence-corrected chi connectivity index (χ3v) is 1.59. The van der Waals surface area contributed by atoms with Gasteiger partial charge < -0.3 is 9.84 Å². The van der Waals surface area contributed by atoms with Crippen LogP contribution in [0, 0.1) is 0 Å². The minimum Gasteiger partial charge on any atom is -0.464 e. The zero-order chi connectivity index (χ0) is 9.84. The molecular weight excluding hydrogens is 170 g/mol. The van der Waals surface area contributed by atoms with Crippen molar-refractivity contribution in [3.8, 4) is 0 Å². The Morgan fingerprint density at radius 2 is 2.31 bits per heavy atom. The number of rotatable bonds is 2. The first-order valence-corrected chi connectivity index (χ1v) is 3.88. The Balaban J connectivity index is 2.98. The van der Waals surface area contributed by atoms with Gasteiger partial charge in [0.2, 0.25) is 0 Å². The molecule has 0 aliphatic rings. The number of methoxy groups -OCH3 is 1. The average molecular weight is 181 g/mol. The molecule has 0 spiro atoms. The van der Waals surface area contributed by atoms with Crippen molar-refractivity contribution in [3.05, 3.63) is 29.6 Å². The Bertz CT molecular complexity index is 309. The SMILES string of the molecule is COC(=O)c1cccc(C(C)O)n1. The molecule has 0 radical (unpaired) electrons. The Hall–Kier alpha value is -1.42. The highest BCUT2D eigenvalue weighted by molar-refractivity contribution is 5.87. The molecule has 0 fully saturated rings. The van der Waals surface area contributed by atoms with Gasteiger partial charge in [-0.3, -0.25) is 0 Å². The van der Waals surface area contributed by atoms with E-state index in [1.54, 1.807) is 19.1 Å². The fraction of sp³-hybridized carbons (Fsp3) is 0.333. The molecule has 0 saturated carbocycles. The van der Waals surface area contributed by atoms with Gasteiger partial charge in [0.25, 0.3) is 0 Å². The maximum absolute atomic E-state index is 11.0. The average Bonchev–Trinajstić information content (AvgIpc) is 2.17. The molecule has 4 heteroatoms. The van der Waals surface area contributed by atoms with Crippen LogP contribution in [-0.2, 0) is 4.74 Å². The van der Waals surface area contributed by atoms with Crippen LogP contribution in [0.15, 0.2) is 18.2 Å². The molecule has 1 atom stereocenters. The molecule has 4 nitrogen and oxygen atoms in total. The Labute approximate surface area is 76.2 Å². The molecular formula is C9H11NO3. The number of carbonyl (C=O) groups is 1. The van der Waals surface area contributed by atoms with Crippen molar-refractivity contribution < 1.29 is 14.6 Å². The van der Waals surface area contributed by atoms with Crippen LogP contribution in [0.2, 0.25) is 0 Å². The second kappa shape index (κ2) is 4.00. The summed E-state index contributed by atoms with van der Waals surface area (Å²) in [6.45, 7) is 1.59. The summed E-state index contributed by atoms with van der Waals surface area (Å²) in [5, 5.41) is 9.19. The van der Waals surface area contributed by atoms with E-state index in [-0.39, 0.29) is 5.69 Å². The monoisotopic (exact) mass is 181 g/mol. The first-order valence-electron chi connectivity index (χ1n) is 3.88. The largest absolute Gasteiger partial charge is 0.464 e. The van der Waals surface area contributed by atoms with E-state index in [2.05, 4.69) is 9.72 Å². The molecule has 0 aliphatic carbocycles. The predicted octanol–water partition coefficient (Wildman–Crippen LogP) is 0.921. The highest BCUT2D eigenvalue weighted by Crippen LogP contribution is 2.09. The van der Waals surface area contributed by atoms with Gasteiger partial charge in [0, 0.05) is 0 Å². The number of pyridine rings is 1. The van der Waals surface area contributed by atoms with E-state index in [0.717, 1.165) is 0 Å². The summed E-state index contributed by atoms with van der Waals surface area (Å²) < 4.78 is 4.49. The van der Waals surface area contributed by atoms with Crippen LogP contribution in [-0.4, -0.2) is 23.2 Å². The molecule has 1 rings (SSSR count). The third kappa shape index (κ3) is 2.26. The second-order valence-corrected chi connectivity index (χ2v) is 2.62. The molecule has 0 saturated heterocycles. The summed E-state index contributed by atoms with van der Waals surface area (Å²) in [4.78, 5) is 14.9. The van der Waals surface area contributed by atoms with Crippen LogP contribution in [0.25, 0.3) is 0 Å². The van der Waals surface area contributed by atoms with E-state index >= 15 is 0 Å². The van der Waals surface area contributed by atoms with E-state index in [9.17, 15) is 9.90 Å². The summed E-state index contributed by atoms with van der Waals surface area (Å²) in [6, 6.07) is 4.84. The maximum Gasteiger partial charge on any atom is 0.356 e. The highest BCUT2D eigenvalue weighted by atomic mass is 16.5. The number of aliphatic hydroxyl groups is 1. The normalized spacial score (nSPS) is 12.2. The van der Waals surface area contributed by atoms with Gasteiger partial charge in [-0.15, -0.1) is 0 Å². The summed E-state index contributed by atoms with van der Waals surface area (Å²) in [5.41, 5.74) is 0.670. The molecule has 13 heavy (non-hydrogen) atoms. The van der Waals surface area contributed by atoms with Gasteiger partial charge >= 0.3 is 5.97 Å². The first kappa shape index (κ1) is 9.67. The van der Waals surface area contributed by atoms with E-state index in [0.29, 0.717) is 5.69 Å². The molecule has 0 amide bonds. The number of carbonyl (C=O) groups excluding carboxylic acids is 1. The van der Waals surface area contributed by atoms with Crippen LogP contribution in [0.5, 0.6) is 0 Å². The van der Waals surface area contributed by atoms with Crippen molar-refractivity contribution in [1.82, 2.24) is 4.98 Å². The van der Waals surface area contributed by atoms with Gasteiger partial charge in [0.05, 0.1) is 18.9 Å². The molecule has 1 heterocycles. The fourth-order valence-electron chi connectivity index (χ4n) is 0.902. The standard InChI is InChI=1S/C9H11NO3/c1-6(11)7-4-3-5-8(10-7)9(12)13-2/h3-6,11H,1-2H3. The first-order chi connectivity index (χ1) is 6.15. The Morgan fingerprint density at radius 3 is 2.85 bits per heavy atom. The topological polar surface area (TPSA) is 59.4 Å². The zero-order valence-electron chi connectivity index (χ0n) is 7.52. The number of hydrogen-bond acceptors (Lipinski definition) is 4. The number of nitrogens with zero attached hydrogens (tertiary/aromatic N) is 1. The number of esters is 1. The highest BCUT2D eigenvalue weighted by Gasteiger charge is 2.09. The van der Waals surface area contributed by atoms with Crippen LogP contribution in [0.4, 0.5) is 0 Å². The van der Waals surface area contributed by atoms with Crippen molar-refractivity contribution >= 4 is 5.97 Å². The van der Waals surface area contributed by atoms with Gasteiger partial charge in [-0.1, -0.05) is 6.07 Å². The Morgan fingerprint density at radius 1 is 1.62 bits per heavy atom. The molecule has 1 N–H and O–H groups in total. The molecule has 1 aromatic rings. The summed E-state index contributed by atoms with van der Waals surface area (Å²) >= 11 is 0. The maximum atomic E-state index is 11.0. The second-order valence-electron chi connectivity index (χ2n) is 2.62. The minimum absolute atomic E-state index is 0.209. The van der Waals surface area contributed by atoms with Crippen LogP contribution in [0.1, 0.15) is 29.2 Å². The van der Waals surface area contributed by atoms with Crippen LogP contribution >= 0.6 is 0 Å². The fourth-order valence-corrected chi connectivity index (χ4v) is 0.902. The Kier molecular flexibility index (Phi) is 2.97. The van der Waals surface area contributed by atoms with Crippen molar-refractivity contribution in [1.29, 1.82) is 0 Å². The van der Waals surface area contributed by atoms with E-state index in [4.69, 9.17) is 0 Å². The van der Waals surface area contributed by atoms with Crippen LogP contribution in [0.3, 0.4) is 0 Å². The van der Waals surface area contributed by atoms with Crippen LogP contribution < -0.4 is 0 Å². The lowest BCUT2D eigenvalue weighted by atomic mass is 10.2. The zero-order valence-corrected chi connectivity index (χ0v) is 7.52. The molecule has 1 unspecified atom stereocenters. The van der Waals surface area contributed by atoms with E-state index < -0.39 is 12.1 Å². The number of aromatic nitrogens is 1. The van der Waals surface area contributed by atoms with Gasteiger partial charge in [-0.25, -0.2) is 9.78 Å². The summed E-state index contributed by atoms with van der Waals surface area (Å²) in [5.74, 6) is -0.498. The minimum atomic E-state index is -0.676. The van der Waals surface area contributed by atoms with Gasteiger partial charge in [0.1, 0.15) is 5.69 Å². The lowest BCUT2D eigenvalue weighted by Crippen LogP contribution is -2.06. The summed E-state index contributed by atoms with van der Waals surface area (Å²) in [6.07, 6.45) is -0.676. The van der Waals surface area contributed by atoms with Gasteiger partial charge in [-0.05, 0) is 19.1 Å². The van der Waals surface area contributed by atoms with Gasteiger partial charge in [0.15, 0.2) is 0 Å². The molecule has 0 aliphatic heterocycles. The predicted molar refractivity (Wildman–Crippen MR) is 46.2 cm³/mol. The molecule has 70 valence electrons. The van der Waals surface area contributed by atoms with Crippen molar-refractivity contribution in [3.63, 3.8) is 0 Å². The lowest BCUT2D eigenvalue weighted by Gasteiger charge is -2.04. The van der Waals surface area contributed by atoms with E-state index in [1.807, 2.05) is 0 Å². The van der Waals surface area contributed by atoms with Crippen molar-refractivity contribution in [2.45, 2.75) is 13.0 Å². The smallest absolute Gasteiger partial charge is 0.356 e. The van der Waals surface area contributed by atoms with Crippen molar-refractivity contribution in [2.75, 3.05) is 7.11 Å². The number of hydrogen-bond donors (Lipinski definition) is 1. The molecule has 1 aromatic heterocycles. The molecule has 0 bridgehead atoms. The van der Waals surface area contributed by atoms with Gasteiger partial charge in [-0.2, -0.15) is 0 Å². The number of ether oxygens (including phenoxy) is 1. The van der Waals surface area contributed by atoms with Crippen molar-refractivity contribution in [2.24, 2.45) is 0 Å². The number of aliphatic hydroxyl groups excluding tert-OH is 1. The third-order valence-electron chi connectivity index (χ3n) is 1.59. The quantitative estimate of drug-likeness (QED) is 0.689. The van der Waals surface area contributed by atoms with E-state index in [1.165, 1.54) is 13.2 Å². The summed E-state index contributed by atoms with van der Waals surface area (Å²) in [7, 11) is 1.29. The molecule has 0 aromatic carbocycles. The lowest BCUT2D eigenvalue weighted by molar-refractivity contribution is 0.0593.